The van der Waals surface area contributed by atoms with Crippen LogP contribution in [0.1, 0.15) is 31.4 Å². The quantitative estimate of drug-likeness (QED) is 0.893. The van der Waals surface area contributed by atoms with Crippen molar-refractivity contribution in [3.63, 3.8) is 0 Å². The van der Waals surface area contributed by atoms with Gasteiger partial charge in [0, 0.05) is 19.1 Å². The molecule has 1 fully saturated rings. The average Bonchev–Trinajstić information content (AvgIpc) is 2.50. The van der Waals surface area contributed by atoms with Crippen molar-refractivity contribution in [3.8, 4) is 0 Å². The van der Waals surface area contributed by atoms with E-state index < -0.39 is 23.8 Å². The summed E-state index contributed by atoms with van der Waals surface area (Å²) in [6, 6.07) is 2.61. The number of hydrogen-bond donors (Lipinski definition) is 2. The number of carbonyl (C=O) groups is 1. The SMILES string of the molecule is CC(NC(=O)C1CCOCC1)C(O)c1ccc(F)c(F)c1. The lowest BCUT2D eigenvalue weighted by atomic mass is 9.97. The van der Waals surface area contributed by atoms with E-state index in [1.807, 2.05) is 0 Å². The van der Waals surface area contributed by atoms with Gasteiger partial charge in [-0.25, -0.2) is 8.78 Å². The van der Waals surface area contributed by atoms with Crippen LogP contribution in [0.2, 0.25) is 0 Å². The van der Waals surface area contributed by atoms with Crippen molar-refractivity contribution >= 4 is 5.91 Å². The number of amides is 1. The van der Waals surface area contributed by atoms with Crippen molar-refractivity contribution in [1.29, 1.82) is 0 Å². The molecule has 1 saturated heterocycles. The Morgan fingerprint density at radius 3 is 2.62 bits per heavy atom. The molecule has 4 nitrogen and oxygen atoms in total. The third-order valence-electron chi connectivity index (χ3n) is 3.72. The first-order valence-electron chi connectivity index (χ1n) is 7.00. The van der Waals surface area contributed by atoms with Gasteiger partial charge in [-0.1, -0.05) is 6.07 Å². The van der Waals surface area contributed by atoms with E-state index >= 15 is 0 Å². The molecular weight excluding hydrogens is 280 g/mol. The van der Waals surface area contributed by atoms with E-state index in [1.54, 1.807) is 6.92 Å². The summed E-state index contributed by atoms with van der Waals surface area (Å²) < 4.78 is 31.2. The van der Waals surface area contributed by atoms with Crippen molar-refractivity contribution in [1.82, 2.24) is 5.32 Å². The summed E-state index contributed by atoms with van der Waals surface area (Å²) in [5, 5.41) is 12.8. The highest BCUT2D eigenvalue weighted by Crippen LogP contribution is 2.21. The van der Waals surface area contributed by atoms with Crippen LogP contribution in [0.3, 0.4) is 0 Å². The lowest BCUT2D eigenvalue weighted by molar-refractivity contribution is -0.129. The summed E-state index contributed by atoms with van der Waals surface area (Å²) in [5.74, 6) is -2.26. The number of carbonyl (C=O) groups excluding carboxylic acids is 1. The van der Waals surface area contributed by atoms with Gasteiger partial charge in [0.1, 0.15) is 0 Å². The van der Waals surface area contributed by atoms with Crippen molar-refractivity contribution in [2.75, 3.05) is 13.2 Å². The molecule has 1 aliphatic rings. The number of nitrogens with one attached hydrogen (secondary N) is 1. The average molecular weight is 299 g/mol. The van der Waals surface area contributed by atoms with Crippen molar-refractivity contribution in [2.24, 2.45) is 5.92 Å². The zero-order valence-electron chi connectivity index (χ0n) is 11.8. The number of halogens is 2. The van der Waals surface area contributed by atoms with Crippen molar-refractivity contribution in [3.05, 3.63) is 35.4 Å². The first-order chi connectivity index (χ1) is 9.99. The minimum Gasteiger partial charge on any atom is -0.386 e. The largest absolute Gasteiger partial charge is 0.386 e. The molecule has 2 unspecified atom stereocenters. The Morgan fingerprint density at radius 1 is 1.33 bits per heavy atom. The molecule has 1 amide bonds. The second-order valence-corrected chi connectivity index (χ2v) is 5.30. The molecule has 6 heteroatoms. The van der Waals surface area contributed by atoms with E-state index in [1.165, 1.54) is 6.07 Å². The number of rotatable bonds is 4. The van der Waals surface area contributed by atoms with E-state index in [9.17, 15) is 18.7 Å². The third kappa shape index (κ3) is 3.98. The summed E-state index contributed by atoms with van der Waals surface area (Å²) in [6.45, 7) is 2.74. The fourth-order valence-corrected chi connectivity index (χ4v) is 2.37. The van der Waals surface area contributed by atoms with Crippen LogP contribution < -0.4 is 5.32 Å². The molecule has 116 valence electrons. The molecule has 1 heterocycles. The van der Waals surface area contributed by atoms with Crippen LogP contribution in [-0.2, 0) is 9.53 Å². The highest BCUT2D eigenvalue weighted by molar-refractivity contribution is 5.79. The molecular formula is C15H19F2NO3. The zero-order chi connectivity index (χ0) is 15.4. The molecule has 0 saturated carbocycles. The molecule has 0 radical (unpaired) electrons. The van der Waals surface area contributed by atoms with Crippen LogP contribution in [0.25, 0.3) is 0 Å². The van der Waals surface area contributed by atoms with E-state index in [-0.39, 0.29) is 17.4 Å². The minimum absolute atomic E-state index is 0.127. The fourth-order valence-electron chi connectivity index (χ4n) is 2.37. The molecule has 1 aromatic rings. The number of ether oxygens (including phenoxy) is 1. The summed E-state index contributed by atoms with van der Waals surface area (Å²) in [4.78, 5) is 12.1. The first-order valence-corrected chi connectivity index (χ1v) is 7.00. The lowest BCUT2D eigenvalue weighted by Gasteiger charge is -2.26. The van der Waals surface area contributed by atoms with Crippen molar-refractivity contribution in [2.45, 2.75) is 31.9 Å². The van der Waals surface area contributed by atoms with Gasteiger partial charge >= 0.3 is 0 Å². The smallest absolute Gasteiger partial charge is 0.223 e. The maximum Gasteiger partial charge on any atom is 0.223 e. The predicted molar refractivity (Wildman–Crippen MR) is 72.5 cm³/mol. The van der Waals surface area contributed by atoms with Gasteiger partial charge < -0.3 is 15.2 Å². The normalized spacial score (nSPS) is 19.0. The topological polar surface area (TPSA) is 58.6 Å². The van der Waals surface area contributed by atoms with Gasteiger partial charge in [0.25, 0.3) is 0 Å². The van der Waals surface area contributed by atoms with E-state index in [2.05, 4.69) is 5.32 Å². The molecule has 1 aromatic carbocycles. The highest BCUT2D eigenvalue weighted by atomic mass is 19.2. The molecule has 0 aliphatic carbocycles. The molecule has 2 atom stereocenters. The Balaban J connectivity index is 1.96. The van der Waals surface area contributed by atoms with E-state index in [4.69, 9.17) is 4.74 Å². The first kappa shape index (κ1) is 15.9. The fraction of sp³-hybridized carbons (Fsp3) is 0.533. The van der Waals surface area contributed by atoms with Crippen LogP contribution in [0.4, 0.5) is 8.78 Å². The Hall–Kier alpha value is -1.53. The Morgan fingerprint density at radius 2 is 2.00 bits per heavy atom. The van der Waals surface area contributed by atoms with Crippen LogP contribution in [0.5, 0.6) is 0 Å². The maximum atomic E-state index is 13.2. The Kier molecular flexibility index (Phi) is 5.25. The van der Waals surface area contributed by atoms with Gasteiger partial charge in [-0.05, 0) is 37.5 Å². The summed E-state index contributed by atoms with van der Waals surface area (Å²) >= 11 is 0. The molecule has 2 rings (SSSR count). The second kappa shape index (κ2) is 6.95. The van der Waals surface area contributed by atoms with Gasteiger partial charge in [0.05, 0.1) is 12.1 Å². The van der Waals surface area contributed by atoms with Gasteiger partial charge in [-0.2, -0.15) is 0 Å². The van der Waals surface area contributed by atoms with E-state index in [0.29, 0.717) is 26.1 Å². The predicted octanol–water partition coefficient (Wildman–Crippen LogP) is 1.93. The van der Waals surface area contributed by atoms with Gasteiger partial charge in [0.15, 0.2) is 11.6 Å². The van der Waals surface area contributed by atoms with Gasteiger partial charge in [-0.3, -0.25) is 4.79 Å². The molecule has 21 heavy (non-hydrogen) atoms. The number of benzene rings is 1. The molecule has 2 N–H and O–H groups in total. The molecule has 0 aromatic heterocycles. The van der Waals surface area contributed by atoms with Crippen LogP contribution >= 0.6 is 0 Å². The molecule has 0 spiro atoms. The highest BCUT2D eigenvalue weighted by Gasteiger charge is 2.25. The monoisotopic (exact) mass is 299 g/mol. The second-order valence-electron chi connectivity index (χ2n) is 5.30. The lowest BCUT2D eigenvalue weighted by Crippen LogP contribution is -2.42. The van der Waals surface area contributed by atoms with E-state index in [0.717, 1.165) is 12.1 Å². The Labute approximate surface area is 122 Å². The van der Waals surface area contributed by atoms with Gasteiger partial charge in [-0.15, -0.1) is 0 Å². The summed E-state index contributed by atoms with van der Waals surface area (Å²) in [6.07, 6.45) is 0.212. The third-order valence-corrected chi connectivity index (χ3v) is 3.72. The minimum atomic E-state index is -1.09. The maximum absolute atomic E-state index is 13.2. The number of aliphatic hydroxyl groups is 1. The van der Waals surface area contributed by atoms with Crippen molar-refractivity contribution < 1.29 is 23.4 Å². The standard InChI is InChI=1S/C15H19F2NO3/c1-9(18-15(20)10-4-6-21-7-5-10)14(19)11-2-3-12(16)13(17)8-11/h2-3,8-10,14,19H,4-7H2,1H3,(H,18,20). The van der Waals surface area contributed by atoms with Crippen LogP contribution in [0, 0.1) is 17.6 Å². The molecule has 0 bridgehead atoms. The van der Waals surface area contributed by atoms with Crippen LogP contribution in [0.15, 0.2) is 18.2 Å². The van der Waals surface area contributed by atoms with Gasteiger partial charge in [0.2, 0.25) is 5.91 Å². The number of aliphatic hydroxyl groups excluding tert-OH is 1. The Bertz CT molecular complexity index is 504. The number of hydrogen-bond acceptors (Lipinski definition) is 3. The molecule has 1 aliphatic heterocycles. The summed E-state index contributed by atoms with van der Waals surface area (Å²) in [5.41, 5.74) is 0.230. The zero-order valence-corrected chi connectivity index (χ0v) is 11.8. The summed E-state index contributed by atoms with van der Waals surface area (Å²) in [7, 11) is 0. The van der Waals surface area contributed by atoms with Crippen LogP contribution in [-0.4, -0.2) is 30.3 Å².